The molecule has 1 heterocycles. The number of ether oxygens (including phenoxy) is 2. The summed E-state index contributed by atoms with van der Waals surface area (Å²) >= 11 is 0. The summed E-state index contributed by atoms with van der Waals surface area (Å²) in [5, 5.41) is 0. The minimum atomic E-state index is -0.289. The van der Waals surface area contributed by atoms with Crippen LogP contribution in [0.15, 0.2) is 30.4 Å². The van der Waals surface area contributed by atoms with Gasteiger partial charge in [0.15, 0.2) is 0 Å². The summed E-state index contributed by atoms with van der Waals surface area (Å²) in [4.78, 5) is 11.9. The second-order valence-electron chi connectivity index (χ2n) is 4.23. The summed E-state index contributed by atoms with van der Waals surface area (Å²) < 4.78 is 10.9. The molecule has 2 rings (SSSR count). The molecule has 0 saturated carbocycles. The van der Waals surface area contributed by atoms with Gasteiger partial charge >= 0.3 is 5.97 Å². The van der Waals surface area contributed by atoms with Crippen LogP contribution in [0.5, 0.6) is 5.75 Å². The lowest BCUT2D eigenvalue weighted by Crippen LogP contribution is -2.02. The normalized spacial score (nSPS) is 17.9. The molecule has 96 valence electrons. The molecular formula is C15H18O3. The Labute approximate surface area is 107 Å². The Balaban J connectivity index is 2.32. The molecular weight excluding hydrogens is 228 g/mol. The van der Waals surface area contributed by atoms with Gasteiger partial charge in [0.1, 0.15) is 17.4 Å². The first-order chi connectivity index (χ1) is 8.77. The van der Waals surface area contributed by atoms with Crippen molar-refractivity contribution in [2.45, 2.75) is 32.8 Å². The molecule has 1 atom stereocenters. The highest BCUT2D eigenvalue weighted by Gasteiger charge is 2.32. The van der Waals surface area contributed by atoms with Crippen LogP contribution >= 0.6 is 0 Å². The number of cyclic esters (lactones) is 1. The lowest BCUT2D eigenvalue weighted by atomic mass is 10.0. The van der Waals surface area contributed by atoms with Gasteiger partial charge in [-0.25, -0.2) is 4.79 Å². The van der Waals surface area contributed by atoms with Gasteiger partial charge in [-0.15, -0.1) is 0 Å². The molecule has 0 N–H and O–H groups in total. The van der Waals surface area contributed by atoms with Crippen LogP contribution in [0.1, 0.15) is 48.7 Å². The average molecular weight is 246 g/mol. The van der Waals surface area contributed by atoms with Crippen molar-refractivity contribution in [2.24, 2.45) is 0 Å². The van der Waals surface area contributed by atoms with Gasteiger partial charge in [0, 0.05) is 5.56 Å². The molecule has 0 aromatic heterocycles. The van der Waals surface area contributed by atoms with E-state index in [2.05, 4.69) is 6.92 Å². The molecule has 0 bridgehead atoms. The van der Waals surface area contributed by atoms with Crippen molar-refractivity contribution >= 4 is 5.97 Å². The molecule has 1 aromatic carbocycles. The number of fused-ring (bicyclic) bond motifs is 1. The largest absolute Gasteiger partial charge is 0.493 e. The molecule has 0 aliphatic carbocycles. The van der Waals surface area contributed by atoms with Crippen molar-refractivity contribution in [2.75, 3.05) is 6.61 Å². The third kappa shape index (κ3) is 2.40. The molecule has 3 heteroatoms. The van der Waals surface area contributed by atoms with Crippen molar-refractivity contribution in [1.29, 1.82) is 0 Å². The molecule has 0 radical (unpaired) electrons. The summed E-state index contributed by atoms with van der Waals surface area (Å²) in [6.07, 6.45) is 5.50. The zero-order chi connectivity index (χ0) is 13.0. The first-order valence-electron chi connectivity index (χ1n) is 6.41. The first-order valence-corrected chi connectivity index (χ1v) is 6.41. The summed E-state index contributed by atoms with van der Waals surface area (Å²) in [5.74, 6) is 0.342. The highest BCUT2D eigenvalue weighted by molar-refractivity contribution is 5.97. The highest BCUT2D eigenvalue weighted by atomic mass is 16.6. The number of carbonyl (C=O) groups excluding carboxylic acids is 1. The smallest absolute Gasteiger partial charge is 0.343 e. The van der Waals surface area contributed by atoms with Crippen LogP contribution in [0.3, 0.4) is 0 Å². The molecule has 0 saturated heterocycles. The second kappa shape index (κ2) is 5.71. The lowest BCUT2D eigenvalue weighted by molar-refractivity contribution is 0.0464. The number of hydrogen-bond donors (Lipinski definition) is 0. The highest BCUT2D eigenvalue weighted by Crippen LogP contribution is 2.37. The Bertz CT molecular complexity index is 463. The van der Waals surface area contributed by atoms with E-state index in [1.54, 1.807) is 0 Å². The molecule has 0 amide bonds. The van der Waals surface area contributed by atoms with Crippen LogP contribution in [-0.4, -0.2) is 12.6 Å². The van der Waals surface area contributed by atoms with E-state index in [0.717, 1.165) is 18.4 Å². The van der Waals surface area contributed by atoms with Crippen LogP contribution in [0.25, 0.3) is 0 Å². The van der Waals surface area contributed by atoms with Gasteiger partial charge in [0.25, 0.3) is 0 Å². The zero-order valence-electron chi connectivity index (χ0n) is 10.8. The van der Waals surface area contributed by atoms with Crippen LogP contribution < -0.4 is 4.74 Å². The van der Waals surface area contributed by atoms with E-state index >= 15 is 0 Å². The van der Waals surface area contributed by atoms with E-state index < -0.39 is 0 Å². The predicted molar refractivity (Wildman–Crippen MR) is 69.8 cm³/mol. The molecule has 3 nitrogen and oxygen atoms in total. The molecule has 1 aliphatic heterocycles. The van der Waals surface area contributed by atoms with Gasteiger partial charge in [-0.3, -0.25) is 0 Å². The van der Waals surface area contributed by atoms with Crippen LogP contribution in [0.4, 0.5) is 0 Å². The summed E-state index contributed by atoms with van der Waals surface area (Å²) in [7, 11) is 0. The van der Waals surface area contributed by atoms with E-state index in [0.29, 0.717) is 17.9 Å². The van der Waals surface area contributed by atoms with E-state index in [4.69, 9.17) is 9.47 Å². The number of benzene rings is 1. The first kappa shape index (κ1) is 12.7. The predicted octanol–water partition coefficient (Wildman–Crippen LogP) is 3.65. The van der Waals surface area contributed by atoms with Crippen molar-refractivity contribution in [3.8, 4) is 5.75 Å². The SMILES string of the molecule is CC/C=C\C1OC(=O)c2c(OCCC)cccc21. The number of hydrogen-bond acceptors (Lipinski definition) is 3. The molecule has 1 aliphatic rings. The molecule has 0 spiro atoms. The molecule has 1 aromatic rings. The fourth-order valence-corrected chi connectivity index (χ4v) is 1.98. The Kier molecular flexibility index (Phi) is 4.03. The Morgan fingerprint density at radius 3 is 2.94 bits per heavy atom. The Morgan fingerprint density at radius 2 is 2.22 bits per heavy atom. The zero-order valence-corrected chi connectivity index (χ0v) is 10.8. The minimum absolute atomic E-state index is 0.266. The van der Waals surface area contributed by atoms with Gasteiger partial charge in [-0.1, -0.05) is 32.1 Å². The van der Waals surface area contributed by atoms with Crippen LogP contribution in [0.2, 0.25) is 0 Å². The summed E-state index contributed by atoms with van der Waals surface area (Å²) in [5.41, 5.74) is 1.48. The number of carbonyl (C=O) groups is 1. The third-order valence-corrected chi connectivity index (χ3v) is 2.81. The second-order valence-corrected chi connectivity index (χ2v) is 4.23. The lowest BCUT2D eigenvalue weighted by Gasteiger charge is -2.07. The fourth-order valence-electron chi connectivity index (χ4n) is 1.98. The van der Waals surface area contributed by atoms with Crippen molar-refractivity contribution in [3.63, 3.8) is 0 Å². The minimum Gasteiger partial charge on any atom is -0.493 e. The topological polar surface area (TPSA) is 35.5 Å². The van der Waals surface area contributed by atoms with Gasteiger partial charge < -0.3 is 9.47 Å². The third-order valence-electron chi connectivity index (χ3n) is 2.81. The van der Waals surface area contributed by atoms with E-state index in [1.807, 2.05) is 37.3 Å². The van der Waals surface area contributed by atoms with Crippen molar-refractivity contribution in [1.82, 2.24) is 0 Å². The maximum atomic E-state index is 11.9. The maximum absolute atomic E-state index is 11.9. The van der Waals surface area contributed by atoms with E-state index in [9.17, 15) is 4.79 Å². The quantitative estimate of drug-likeness (QED) is 0.587. The van der Waals surface area contributed by atoms with Gasteiger partial charge in [-0.05, 0) is 25.0 Å². The molecule has 18 heavy (non-hydrogen) atoms. The Hall–Kier alpha value is -1.77. The van der Waals surface area contributed by atoms with Crippen LogP contribution in [-0.2, 0) is 4.74 Å². The standard InChI is InChI=1S/C15H18O3/c1-3-5-8-12-11-7-6-9-13(17-10-4-2)14(11)15(16)18-12/h5-9,12H,3-4,10H2,1-2H3/b8-5-. The summed E-state index contributed by atoms with van der Waals surface area (Å²) in [6.45, 7) is 4.70. The number of esters is 1. The maximum Gasteiger partial charge on any atom is 0.343 e. The van der Waals surface area contributed by atoms with E-state index in [1.165, 1.54) is 0 Å². The molecule has 1 unspecified atom stereocenters. The molecule has 0 fully saturated rings. The van der Waals surface area contributed by atoms with E-state index in [-0.39, 0.29) is 12.1 Å². The van der Waals surface area contributed by atoms with Crippen molar-refractivity contribution in [3.05, 3.63) is 41.5 Å². The monoisotopic (exact) mass is 246 g/mol. The Morgan fingerprint density at radius 1 is 1.39 bits per heavy atom. The fraction of sp³-hybridized carbons (Fsp3) is 0.400. The van der Waals surface area contributed by atoms with Gasteiger partial charge in [0.2, 0.25) is 0 Å². The average Bonchev–Trinajstić information content (AvgIpc) is 2.71. The van der Waals surface area contributed by atoms with Crippen molar-refractivity contribution < 1.29 is 14.3 Å². The van der Waals surface area contributed by atoms with Crippen LogP contribution in [0, 0.1) is 0 Å². The number of allylic oxidation sites excluding steroid dienone is 1. The van der Waals surface area contributed by atoms with Gasteiger partial charge in [-0.2, -0.15) is 0 Å². The number of rotatable bonds is 5. The van der Waals surface area contributed by atoms with Gasteiger partial charge in [0.05, 0.1) is 6.61 Å². The summed E-state index contributed by atoms with van der Waals surface area (Å²) in [6, 6.07) is 5.64.